The van der Waals surface area contributed by atoms with Gasteiger partial charge in [-0.2, -0.15) is 0 Å². The molecule has 188 valence electrons. The highest BCUT2D eigenvalue weighted by atomic mass is 35.5. The molecule has 2 aromatic heterocycles. The third-order valence-corrected chi connectivity index (χ3v) is 5.86. The number of methoxy groups -OCH3 is 1. The molecule has 0 saturated heterocycles. The number of nitrogens with one attached hydrogen (secondary N) is 1. The number of nitrogens with zero attached hydrogens (tertiary/aromatic N) is 4. The molecule has 35 heavy (non-hydrogen) atoms. The summed E-state index contributed by atoms with van der Waals surface area (Å²) in [5, 5.41) is 2.78. The summed E-state index contributed by atoms with van der Waals surface area (Å²) in [7, 11) is 1.39. The number of aryl methyl sites for hydroxylation is 2. The number of halogens is 1. The lowest BCUT2D eigenvalue weighted by Gasteiger charge is -2.08. The molecule has 1 aromatic carbocycles. The van der Waals surface area contributed by atoms with Crippen LogP contribution >= 0.6 is 11.6 Å². The molecule has 1 amide bonds. The number of imidazole rings is 1. The zero-order chi connectivity index (χ0) is 25.5. The Morgan fingerprint density at radius 1 is 1.17 bits per heavy atom. The number of hydrogen-bond donors (Lipinski definition) is 3. The number of rotatable bonds is 11. The topological polar surface area (TPSA) is 151 Å². The molecule has 0 aliphatic rings. The number of carbonyl (C=O) groups is 2. The highest BCUT2D eigenvalue weighted by Gasteiger charge is 2.25. The van der Waals surface area contributed by atoms with Gasteiger partial charge < -0.3 is 26.3 Å². The van der Waals surface area contributed by atoms with Gasteiger partial charge in [0.1, 0.15) is 12.3 Å². The summed E-state index contributed by atoms with van der Waals surface area (Å²) in [6.07, 6.45) is 1.83. The first kappa shape index (κ1) is 26.0. The van der Waals surface area contributed by atoms with Gasteiger partial charge in [-0.05, 0) is 38.8 Å². The molecular weight excluding hydrogens is 474 g/mol. The fourth-order valence-corrected chi connectivity index (χ4v) is 4.00. The number of aromatic nitrogens is 4. The number of nitrogen functional groups attached to an aromatic ring is 2. The van der Waals surface area contributed by atoms with Crippen LogP contribution in [-0.2, 0) is 29.2 Å². The van der Waals surface area contributed by atoms with Gasteiger partial charge in [0.2, 0.25) is 0 Å². The zero-order valence-corrected chi connectivity index (χ0v) is 20.9. The lowest BCUT2D eigenvalue weighted by molar-refractivity contribution is -0.676. The van der Waals surface area contributed by atoms with Crippen molar-refractivity contribution in [2.75, 3.05) is 25.2 Å². The second kappa shape index (κ2) is 11.7. The van der Waals surface area contributed by atoms with Crippen LogP contribution in [0, 0.1) is 0 Å². The van der Waals surface area contributed by atoms with Gasteiger partial charge in [-0.25, -0.2) is 19.1 Å². The van der Waals surface area contributed by atoms with Crippen molar-refractivity contribution in [1.82, 2.24) is 19.9 Å². The number of hydrogen-bond acceptors (Lipinski definition) is 8. The van der Waals surface area contributed by atoms with Crippen LogP contribution in [0.4, 0.5) is 11.6 Å². The Morgan fingerprint density at radius 2 is 1.94 bits per heavy atom. The number of ether oxygens (including phenoxy) is 2. The summed E-state index contributed by atoms with van der Waals surface area (Å²) in [5.74, 6) is 0.811. The Kier molecular flexibility index (Phi) is 8.69. The van der Waals surface area contributed by atoms with E-state index in [9.17, 15) is 9.59 Å². The van der Waals surface area contributed by atoms with E-state index in [0.717, 1.165) is 29.0 Å². The largest absolute Gasteiger partial charge is 0.493 e. The summed E-state index contributed by atoms with van der Waals surface area (Å²) in [5.41, 5.74) is 13.3. The molecule has 0 unspecified atom stereocenters. The summed E-state index contributed by atoms with van der Waals surface area (Å²) in [6.45, 7) is 6.21. The number of amides is 1. The van der Waals surface area contributed by atoms with E-state index < -0.39 is 5.91 Å². The highest BCUT2D eigenvalue weighted by Crippen LogP contribution is 2.22. The maximum Gasteiger partial charge on any atom is 0.305 e. The Hall–Kier alpha value is -3.60. The summed E-state index contributed by atoms with van der Waals surface area (Å²) in [6, 6.07) is 5.91. The van der Waals surface area contributed by atoms with Crippen molar-refractivity contribution in [3.05, 3.63) is 34.9 Å². The van der Waals surface area contributed by atoms with E-state index in [1.165, 1.54) is 7.11 Å². The molecule has 0 spiro atoms. The minimum Gasteiger partial charge on any atom is -0.493 e. The third-order valence-electron chi connectivity index (χ3n) is 5.58. The normalized spacial score (nSPS) is 11.0. The minimum atomic E-state index is -0.497. The molecule has 0 saturated carbocycles. The van der Waals surface area contributed by atoms with Crippen LogP contribution in [0.3, 0.4) is 0 Å². The number of unbranched alkanes of at least 4 members (excludes halogenated alkanes) is 1. The van der Waals surface area contributed by atoms with E-state index in [2.05, 4.69) is 29.2 Å². The quantitative estimate of drug-likeness (QED) is 0.204. The summed E-state index contributed by atoms with van der Waals surface area (Å²) in [4.78, 5) is 31.8. The van der Waals surface area contributed by atoms with Crippen molar-refractivity contribution < 1.29 is 23.6 Å². The average Bonchev–Trinajstić information content (AvgIpc) is 3.15. The second-order valence-electron chi connectivity index (χ2n) is 7.75. The highest BCUT2D eigenvalue weighted by molar-refractivity contribution is 6.31. The smallest absolute Gasteiger partial charge is 0.305 e. The number of benzene rings is 1. The summed E-state index contributed by atoms with van der Waals surface area (Å²) < 4.78 is 14.8. The molecule has 0 fully saturated rings. The van der Waals surface area contributed by atoms with Gasteiger partial charge in [-0.15, -0.1) is 0 Å². The van der Waals surface area contributed by atoms with E-state index in [1.807, 2.05) is 32.0 Å². The fourth-order valence-electron chi connectivity index (χ4n) is 3.87. The maximum atomic E-state index is 12.7. The predicted molar refractivity (Wildman–Crippen MR) is 132 cm³/mol. The fraction of sp³-hybridized carbons (Fsp3) is 0.435. The molecule has 3 rings (SSSR count). The van der Waals surface area contributed by atoms with Gasteiger partial charge in [0.15, 0.2) is 33.5 Å². The molecule has 3 aromatic rings. The summed E-state index contributed by atoms with van der Waals surface area (Å²) >= 11 is 5.91. The minimum absolute atomic E-state index is 0.0304. The number of nitrogens with two attached hydrogens (primary N) is 2. The molecular formula is C23H31ClN7O4+. The first-order chi connectivity index (χ1) is 16.8. The van der Waals surface area contributed by atoms with E-state index in [4.69, 9.17) is 27.8 Å². The van der Waals surface area contributed by atoms with E-state index in [0.29, 0.717) is 32.5 Å². The van der Waals surface area contributed by atoms with Gasteiger partial charge in [-0.1, -0.05) is 11.6 Å². The molecule has 0 bridgehead atoms. The third kappa shape index (κ3) is 5.91. The SMILES string of the molecule is CCn1c(CNC(=O)c2nc(Cl)c(N)nc2N)[n+](CC)c2ccc(OCCCCC(=O)OC)cc21. The van der Waals surface area contributed by atoms with Gasteiger partial charge in [-0.3, -0.25) is 9.59 Å². The first-order valence-corrected chi connectivity index (χ1v) is 11.8. The molecule has 11 nitrogen and oxygen atoms in total. The Morgan fingerprint density at radius 3 is 2.63 bits per heavy atom. The molecule has 0 aliphatic heterocycles. The van der Waals surface area contributed by atoms with Crippen LogP contribution in [0.15, 0.2) is 18.2 Å². The molecule has 12 heteroatoms. The molecule has 0 aliphatic carbocycles. The maximum absolute atomic E-state index is 12.7. The number of esters is 1. The number of fused-ring (bicyclic) bond motifs is 1. The molecule has 2 heterocycles. The van der Waals surface area contributed by atoms with E-state index in [1.54, 1.807) is 0 Å². The van der Waals surface area contributed by atoms with Crippen molar-refractivity contribution >= 4 is 46.1 Å². The van der Waals surface area contributed by atoms with Crippen LogP contribution in [0.1, 0.15) is 49.4 Å². The lowest BCUT2D eigenvalue weighted by Crippen LogP contribution is -2.40. The molecule has 0 radical (unpaired) electrons. The zero-order valence-electron chi connectivity index (χ0n) is 20.1. The standard InChI is InChI=1S/C23H30ClN7O4/c1-4-30-15-10-9-14(35-11-7-6-8-18(32)34-3)12-16(15)31(5-2)17(30)13-27-23(33)19-21(25)29-22(26)20(24)28-19/h9-10,12H,4-8,11,13H2,1-3H3,(H4-,25,26,27,29,33)/p+1. The van der Waals surface area contributed by atoms with Crippen LogP contribution in [0.2, 0.25) is 5.15 Å². The number of carbonyl (C=O) groups excluding carboxylic acids is 2. The molecule has 5 N–H and O–H groups in total. The van der Waals surface area contributed by atoms with E-state index in [-0.39, 0.29) is 35.0 Å². The second-order valence-corrected chi connectivity index (χ2v) is 8.11. The van der Waals surface area contributed by atoms with Crippen LogP contribution in [0.25, 0.3) is 11.0 Å². The van der Waals surface area contributed by atoms with Crippen molar-refractivity contribution in [3.8, 4) is 5.75 Å². The molecule has 0 atom stereocenters. The lowest BCUT2D eigenvalue weighted by atomic mass is 10.2. The van der Waals surface area contributed by atoms with Gasteiger partial charge in [0, 0.05) is 12.5 Å². The van der Waals surface area contributed by atoms with Gasteiger partial charge >= 0.3 is 5.97 Å². The predicted octanol–water partition coefficient (Wildman–Crippen LogP) is 2.23. The van der Waals surface area contributed by atoms with Crippen LogP contribution in [-0.4, -0.2) is 40.1 Å². The number of anilines is 2. The van der Waals surface area contributed by atoms with Crippen molar-refractivity contribution in [1.29, 1.82) is 0 Å². The average molecular weight is 505 g/mol. The van der Waals surface area contributed by atoms with Gasteiger partial charge in [0.25, 0.3) is 11.7 Å². The van der Waals surface area contributed by atoms with Crippen LogP contribution < -0.4 is 26.1 Å². The monoisotopic (exact) mass is 504 g/mol. The first-order valence-electron chi connectivity index (χ1n) is 11.4. The Labute approximate surface area is 208 Å². The Bertz CT molecular complexity index is 1230. The van der Waals surface area contributed by atoms with Crippen molar-refractivity contribution in [3.63, 3.8) is 0 Å². The van der Waals surface area contributed by atoms with Gasteiger partial charge in [0.05, 0.1) is 26.8 Å². The van der Waals surface area contributed by atoms with Crippen molar-refractivity contribution in [2.24, 2.45) is 0 Å². The van der Waals surface area contributed by atoms with Crippen molar-refractivity contribution in [2.45, 2.75) is 52.7 Å². The van der Waals surface area contributed by atoms with E-state index >= 15 is 0 Å². The Balaban J connectivity index is 1.77. The van der Waals surface area contributed by atoms with Crippen LogP contribution in [0.5, 0.6) is 5.75 Å².